The van der Waals surface area contributed by atoms with E-state index in [-0.39, 0.29) is 17.4 Å². The highest BCUT2D eigenvalue weighted by Gasteiger charge is 2.23. The van der Waals surface area contributed by atoms with E-state index in [1.54, 1.807) is 12.5 Å². The molecule has 0 aromatic rings. The molecule has 0 fully saturated rings. The number of carbonyl (C=O) groups is 1. The third-order valence-electron chi connectivity index (χ3n) is 6.25. The van der Waals surface area contributed by atoms with Crippen molar-refractivity contribution in [2.24, 2.45) is 17.8 Å². The van der Waals surface area contributed by atoms with Crippen molar-refractivity contribution in [3.63, 3.8) is 0 Å². The Bertz CT molecular complexity index is 810. The second kappa shape index (κ2) is 28.4. The minimum Gasteiger partial charge on any atom is -0.476 e. The van der Waals surface area contributed by atoms with Crippen LogP contribution in [0.5, 0.6) is 0 Å². The van der Waals surface area contributed by atoms with Crippen LogP contribution in [0.3, 0.4) is 0 Å². The molecule has 0 aliphatic rings. The van der Waals surface area contributed by atoms with Gasteiger partial charge in [0.05, 0.1) is 17.1 Å². The second-order valence-corrected chi connectivity index (χ2v) is 10.9. The van der Waals surface area contributed by atoms with Crippen molar-refractivity contribution < 1.29 is 14.6 Å². The van der Waals surface area contributed by atoms with E-state index in [0.717, 1.165) is 42.4 Å². The molecule has 7 heteroatoms. The summed E-state index contributed by atoms with van der Waals surface area (Å²) in [4.78, 5) is 13.4. The molecule has 2 atom stereocenters. The number of ether oxygens (including phenoxy) is 1. The first-order valence-corrected chi connectivity index (χ1v) is 15.5. The summed E-state index contributed by atoms with van der Waals surface area (Å²) in [6.07, 6.45) is 11.9. The van der Waals surface area contributed by atoms with E-state index in [4.69, 9.17) is 10.1 Å². The summed E-state index contributed by atoms with van der Waals surface area (Å²) in [7, 11) is 1.80. The fourth-order valence-corrected chi connectivity index (χ4v) is 3.80. The quantitative estimate of drug-likeness (QED) is 0.0484. The standard InChI is InChI=1S/C22H37N3O3S.C7H16.C4H8/c1-7-10-11-17(9-3)19(16(4)5)25-22(27)18(15-26)20(29-14-8-2)21(23)28-13-12-24-6;1-5-7(4)6(2)3;1-3-4-2/h7-8,10,14,17,23-24,26H,9,11-13,15H2,1-6H3,(H,25,27);6-7H,5H2,1-4H3;3H,1,4H2,2H3/b10-7-,14-8+,20-18-,23-21?;;. The Morgan fingerprint density at radius 2 is 1.70 bits per heavy atom. The Kier molecular flexibility index (Phi) is 30.1. The molecule has 0 aromatic carbocycles. The lowest BCUT2D eigenvalue weighted by Gasteiger charge is -2.22. The van der Waals surface area contributed by atoms with Gasteiger partial charge in [-0.15, -0.1) is 6.58 Å². The molecule has 0 heterocycles. The Morgan fingerprint density at radius 3 is 2.05 bits per heavy atom. The third-order valence-corrected chi connectivity index (χ3v) is 7.32. The fraction of sp³-hybridized carbons (Fsp3) is 0.636. The number of nitrogens with one attached hydrogen (secondary N) is 3. The van der Waals surface area contributed by atoms with E-state index in [1.807, 2.05) is 45.9 Å². The maximum absolute atomic E-state index is 13.0. The van der Waals surface area contributed by atoms with Crippen LogP contribution >= 0.6 is 11.8 Å². The maximum atomic E-state index is 13.0. The number of likely N-dealkylation sites (N-methyl/N-ethyl adjacent to an activating group) is 1. The number of amides is 1. The van der Waals surface area contributed by atoms with Gasteiger partial charge < -0.3 is 20.5 Å². The highest BCUT2D eigenvalue weighted by molar-refractivity contribution is 8.06. The summed E-state index contributed by atoms with van der Waals surface area (Å²) >= 11 is 1.19. The van der Waals surface area contributed by atoms with Crippen LogP contribution < -0.4 is 10.6 Å². The highest BCUT2D eigenvalue weighted by Crippen LogP contribution is 2.25. The SMILES string of the molecule is C/C=C\CC(CC)C(NC(=O)/C(CO)=C(\S/C=C/C)C(=N)OCCNC)=C(C)C.C=CCC.CCC(C)C(C)C. The molecular formula is C33H61N3O3S. The van der Waals surface area contributed by atoms with Gasteiger partial charge in [-0.2, -0.15) is 0 Å². The Hall–Kier alpha value is -2.09. The van der Waals surface area contributed by atoms with Gasteiger partial charge in [-0.1, -0.05) is 89.6 Å². The van der Waals surface area contributed by atoms with Gasteiger partial charge in [0.25, 0.3) is 5.91 Å². The van der Waals surface area contributed by atoms with Gasteiger partial charge in [-0.25, -0.2) is 0 Å². The molecule has 1 amide bonds. The zero-order valence-corrected chi connectivity index (χ0v) is 28.3. The first kappa shape index (κ1) is 42.4. The molecule has 0 aromatic heterocycles. The molecule has 0 rings (SSSR count). The van der Waals surface area contributed by atoms with Gasteiger partial charge in [0, 0.05) is 18.2 Å². The summed E-state index contributed by atoms with van der Waals surface area (Å²) < 4.78 is 5.44. The summed E-state index contributed by atoms with van der Waals surface area (Å²) in [6, 6.07) is 0. The van der Waals surface area contributed by atoms with Crippen molar-refractivity contribution in [3.8, 4) is 0 Å². The van der Waals surface area contributed by atoms with E-state index in [2.05, 4.69) is 64.8 Å². The number of rotatable bonds is 16. The Morgan fingerprint density at radius 1 is 1.10 bits per heavy atom. The van der Waals surface area contributed by atoms with Gasteiger partial charge in [0.2, 0.25) is 5.90 Å². The van der Waals surface area contributed by atoms with Crippen LogP contribution in [0, 0.1) is 23.2 Å². The minimum atomic E-state index is -0.481. The van der Waals surface area contributed by atoms with Gasteiger partial charge in [-0.05, 0) is 71.2 Å². The third kappa shape index (κ3) is 20.8. The zero-order valence-electron chi connectivity index (χ0n) is 27.4. The molecule has 0 aliphatic heterocycles. The summed E-state index contributed by atoms with van der Waals surface area (Å²) in [6.45, 7) is 24.9. The lowest BCUT2D eigenvalue weighted by Crippen LogP contribution is -2.31. The first-order valence-electron chi connectivity index (χ1n) is 14.7. The molecule has 0 spiro atoms. The summed E-state index contributed by atoms with van der Waals surface area (Å²) in [5, 5.41) is 25.9. The predicted octanol–water partition coefficient (Wildman–Crippen LogP) is 8.39. The number of allylic oxidation sites excluding steroid dienone is 6. The lowest BCUT2D eigenvalue weighted by molar-refractivity contribution is -0.117. The largest absolute Gasteiger partial charge is 0.476 e. The molecule has 0 radical (unpaired) electrons. The van der Waals surface area contributed by atoms with Crippen molar-refractivity contribution in [2.45, 2.75) is 94.9 Å². The Balaban J connectivity index is -0.00000104. The molecular weight excluding hydrogens is 518 g/mol. The monoisotopic (exact) mass is 579 g/mol. The van der Waals surface area contributed by atoms with Crippen molar-refractivity contribution in [1.29, 1.82) is 5.41 Å². The van der Waals surface area contributed by atoms with E-state index in [1.165, 1.54) is 18.2 Å². The van der Waals surface area contributed by atoms with E-state index < -0.39 is 12.5 Å². The van der Waals surface area contributed by atoms with Gasteiger partial charge in [0.15, 0.2) is 0 Å². The molecule has 2 unspecified atom stereocenters. The van der Waals surface area contributed by atoms with Crippen LogP contribution in [-0.4, -0.2) is 43.7 Å². The molecule has 40 heavy (non-hydrogen) atoms. The van der Waals surface area contributed by atoms with Gasteiger partial charge >= 0.3 is 0 Å². The van der Waals surface area contributed by atoms with Crippen LogP contribution in [0.4, 0.5) is 0 Å². The van der Waals surface area contributed by atoms with Crippen LogP contribution in [0.1, 0.15) is 94.9 Å². The van der Waals surface area contributed by atoms with Crippen LogP contribution in [-0.2, 0) is 9.53 Å². The van der Waals surface area contributed by atoms with Crippen molar-refractivity contribution in [2.75, 3.05) is 26.8 Å². The first-order chi connectivity index (χ1) is 19.0. The van der Waals surface area contributed by atoms with Crippen LogP contribution in [0.2, 0.25) is 0 Å². The molecule has 0 bridgehead atoms. The molecule has 4 N–H and O–H groups in total. The topological polar surface area (TPSA) is 94.4 Å². The molecule has 0 aliphatic carbocycles. The smallest absolute Gasteiger partial charge is 0.255 e. The van der Waals surface area contributed by atoms with E-state index in [9.17, 15) is 9.90 Å². The number of aliphatic hydroxyl groups is 1. The molecule has 232 valence electrons. The lowest BCUT2D eigenvalue weighted by atomic mass is 9.94. The number of hydrogen-bond acceptors (Lipinski definition) is 6. The maximum Gasteiger partial charge on any atom is 0.255 e. The number of aliphatic hydroxyl groups excluding tert-OH is 1. The summed E-state index contributed by atoms with van der Waals surface area (Å²) in [5.74, 6) is 1.42. The number of carbonyl (C=O) groups excluding carboxylic acids is 1. The second-order valence-electron chi connectivity index (χ2n) is 9.94. The molecule has 0 saturated carbocycles. The predicted molar refractivity (Wildman–Crippen MR) is 179 cm³/mol. The fourth-order valence-electron chi connectivity index (χ4n) is 3.06. The molecule has 0 saturated heterocycles. The van der Waals surface area contributed by atoms with Crippen LogP contribution in [0.25, 0.3) is 0 Å². The molecule has 6 nitrogen and oxygen atoms in total. The Labute approximate surface area is 251 Å². The van der Waals surface area contributed by atoms with E-state index in [0.29, 0.717) is 18.1 Å². The normalized spacial score (nSPS) is 12.9. The van der Waals surface area contributed by atoms with Gasteiger partial charge in [-0.3, -0.25) is 10.2 Å². The van der Waals surface area contributed by atoms with Crippen molar-refractivity contribution >= 4 is 23.6 Å². The number of thioether (sulfide) groups is 1. The average molecular weight is 580 g/mol. The van der Waals surface area contributed by atoms with Crippen molar-refractivity contribution in [1.82, 2.24) is 10.6 Å². The number of hydrogen-bond donors (Lipinski definition) is 4. The van der Waals surface area contributed by atoms with Crippen molar-refractivity contribution in [3.05, 3.63) is 58.0 Å². The van der Waals surface area contributed by atoms with Gasteiger partial charge in [0.1, 0.15) is 6.61 Å². The van der Waals surface area contributed by atoms with Crippen LogP contribution in [0.15, 0.2) is 58.0 Å². The summed E-state index contributed by atoms with van der Waals surface area (Å²) in [5.41, 5.74) is 2.01. The highest BCUT2D eigenvalue weighted by atomic mass is 32.2. The minimum absolute atomic E-state index is 0.123. The zero-order chi connectivity index (χ0) is 31.5. The van der Waals surface area contributed by atoms with E-state index >= 15 is 0 Å². The average Bonchev–Trinajstić information content (AvgIpc) is 2.94.